The van der Waals surface area contributed by atoms with Crippen molar-refractivity contribution in [1.82, 2.24) is 14.3 Å². The molecule has 6 nitrogen and oxygen atoms in total. The van der Waals surface area contributed by atoms with E-state index in [-0.39, 0.29) is 17.2 Å². The van der Waals surface area contributed by atoms with E-state index in [1.165, 1.54) is 6.20 Å². The Morgan fingerprint density at radius 2 is 2.21 bits per heavy atom. The number of ether oxygens (including phenoxy) is 1. The van der Waals surface area contributed by atoms with Crippen molar-refractivity contribution >= 4 is 10.0 Å². The summed E-state index contributed by atoms with van der Waals surface area (Å²) in [5.74, 6) is 0.618. The van der Waals surface area contributed by atoms with Crippen LogP contribution in [-0.2, 0) is 14.8 Å². The molecule has 1 aromatic rings. The Morgan fingerprint density at radius 1 is 1.42 bits per heavy atom. The van der Waals surface area contributed by atoms with Gasteiger partial charge in [-0.2, -0.15) is 4.31 Å². The molecule has 1 aliphatic carbocycles. The molecule has 2 heterocycles. The number of imidazole rings is 1. The topological polar surface area (TPSA) is 75.3 Å². The fraction of sp³-hybridized carbons (Fsp3) is 0.750. The number of fused-ring (bicyclic) bond motifs is 1. The van der Waals surface area contributed by atoms with E-state index in [9.17, 15) is 8.42 Å². The second-order valence-corrected chi connectivity index (χ2v) is 7.07. The zero-order valence-electron chi connectivity index (χ0n) is 11.0. The maximum Gasteiger partial charge on any atom is 0.260 e. The quantitative estimate of drug-likeness (QED) is 0.881. The summed E-state index contributed by atoms with van der Waals surface area (Å²) in [4.78, 5) is 6.82. The number of rotatable bonds is 2. The fourth-order valence-electron chi connectivity index (χ4n) is 3.02. The lowest BCUT2D eigenvalue weighted by atomic mass is 9.91. The van der Waals surface area contributed by atoms with E-state index < -0.39 is 10.0 Å². The molecule has 1 N–H and O–H groups in total. The van der Waals surface area contributed by atoms with Gasteiger partial charge in [0.15, 0.2) is 5.03 Å². The van der Waals surface area contributed by atoms with Crippen LogP contribution in [0.1, 0.15) is 31.5 Å². The molecule has 1 aromatic heterocycles. The van der Waals surface area contributed by atoms with Gasteiger partial charge in [-0.3, -0.25) is 0 Å². The fourth-order valence-corrected chi connectivity index (χ4v) is 4.64. The number of H-pyrrole nitrogens is 1. The summed E-state index contributed by atoms with van der Waals surface area (Å²) >= 11 is 0. The lowest BCUT2D eigenvalue weighted by Gasteiger charge is -2.42. The van der Waals surface area contributed by atoms with Crippen LogP contribution >= 0.6 is 0 Å². The Kier molecular flexibility index (Phi) is 3.36. The minimum absolute atomic E-state index is 0.0175. The Morgan fingerprint density at radius 3 is 2.95 bits per heavy atom. The van der Waals surface area contributed by atoms with Crippen molar-refractivity contribution in [2.45, 2.75) is 49.8 Å². The molecule has 2 atom stereocenters. The van der Waals surface area contributed by atoms with Gasteiger partial charge in [0.05, 0.1) is 24.9 Å². The molecular weight excluding hydrogens is 266 g/mol. The van der Waals surface area contributed by atoms with E-state index >= 15 is 0 Å². The molecule has 0 aromatic carbocycles. The molecule has 7 heteroatoms. The predicted molar refractivity (Wildman–Crippen MR) is 69.2 cm³/mol. The van der Waals surface area contributed by atoms with Gasteiger partial charge in [0.2, 0.25) is 0 Å². The highest BCUT2D eigenvalue weighted by Crippen LogP contribution is 2.31. The van der Waals surface area contributed by atoms with Crippen LogP contribution < -0.4 is 0 Å². The Labute approximate surface area is 113 Å². The third kappa shape index (κ3) is 2.30. The van der Waals surface area contributed by atoms with Crippen molar-refractivity contribution in [1.29, 1.82) is 0 Å². The largest absolute Gasteiger partial charge is 0.375 e. The summed E-state index contributed by atoms with van der Waals surface area (Å²) in [5.41, 5.74) is 0. The van der Waals surface area contributed by atoms with Crippen LogP contribution in [0.3, 0.4) is 0 Å². The van der Waals surface area contributed by atoms with Gasteiger partial charge in [-0.05, 0) is 19.8 Å². The minimum atomic E-state index is -3.48. The maximum atomic E-state index is 12.7. The Bertz CT molecular complexity index is 552. The van der Waals surface area contributed by atoms with Crippen molar-refractivity contribution < 1.29 is 13.2 Å². The van der Waals surface area contributed by atoms with Gasteiger partial charge in [-0.25, -0.2) is 13.4 Å². The number of hydrogen-bond donors (Lipinski definition) is 1. The smallest absolute Gasteiger partial charge is 0.260 e. The number of hydrogen-bond acceptors (Lipinski definition) is 4. The van der Waals surface area contributed by atoms with Gasteiger partial charge < -0.3 is 9.72 Å². The molecule has 1 aliphatic heterocycles. The average molecular weight is 285 g/mol. The summed E-state index contributed by atoms with van der Waals surface area (Å²) in [6, 6.07) is -0.0175. The second-order valence-electron chi connectivity index (χ2n) is 5.21. The SMILES string of the molecule is Cc1ncc(S(=O)(=O)N2CCO[C@H]3CCCC[C@H]32)[nH]1. The Balaban J connectivity index is 1.91. The lowest BCUT2D eigenvalue weighted by Crippen LogP contribution is -2.54. The lowest BCUT2D eigenvalue weighted by molar-refractivity contribution is -0.0586. The zero-order chi connectivity index (χ0) is 13.5. The van der Waals surface area contributed by atoms with E-state index in [0.717, 1.165) is 25.7 Å². The molecule has 0 spiro atoms. The summed E-state index contributed by atoms with van der Waals surface area (Å²) in [6.45, 7) is 2.66. The van der Waals surface area contributed by atoms with Crippen LogP contribution in [0.2, 0.25) is 0 Å². The molecule has 3 rings (SSSR count). The highest BCUT2D eigenvalue weighted by atomic mass is 32.2. The second kappa shape index (κ2) is 4.88. The maximum absolute atomic E-state index is 12.7. The molecule has 1 saturated carbocycles. The number of morpholine rings is 1. The standard InChI is InChI=1S/C12H19N3O3S/c1-9-13-8-12(14-9)19(16,17)15-6-7-18-11-5-3-2-4-10(11)15/h8,10-11H,2-7H2,1H3,(H,13,14)/t10-,11+/m1/s1. The molecule has 19 heavy (non-hydrogen) atoms. The normalized spacial score (nSPS) is 29.1. The van der Waals surface area contributed by atoms with Crippen LogP contribution in [0.4, 0.5) is 0 Å². The van der Waals surface area contributed by atoms with Crippen molar-refractivity contribution in [2.24, 2.45) is 0 Å². The number of aromatic amines is 1. The van der Waals surface area contributed by atoms with Crippen LogP contribution in [0.25, 0.3) is 0 Å². The molecule has 0 amide bonds. The van der Waals surface area contributed by atoms with E-state index in [1.54, 1.807) is 11.2 Å². The minimum Gasteiger partial charge on any atom is -0.375 e. The number of nitrogens with zero attached hydrogens (tertiary/aromatic N) is 2. The van der Waals surface area contributed by atoms with Crippen molar-refractivity contribution in [3.8, 4) is 0 Å². The predicted octanol–water partition coefficient (Wildman–Crippen LogP) is 1.05. The van der Waals surface area contributed by atoms with Crippen LogP contribution in [0.5, 0.6) is 0 Å². The summed E-state index contributed by atoms with van der Waals surface area (Å²) in [6.07, 6.45) is 5.49. The summed E-state index contributed by atoms with van der Waals surface area (Å²) in [7, 11) is -3.48. The summed E-state index contributed by atoms with van der Waals surface area (Å²) < 4.78 is 32.6. The van der Waals surface area contributed by atoms with Gasteiger partial charge in [0.1, 0.15) is 5.82 Å². The molecule has 2 aliphatic rings. The van der Waals surface area contributed by atoms with Crippen LogP contribution in [0.15, 0.2) is 11.2 Å². The van der Waals surface area contributed by atoms with E-state index in [2.05, 4.69) is 9.97 Å². The van der Waals surface area contributed by atoms with Crippen LogP contribution in [0, 0.1) is 6.92 Å². The van der Waals surface area contributed by atoms with Gasteiger partial charge in [0.25, 0.3) is 10.0 Å². The summed E-state index contributed by atoms with van der Waals surface area (Å²) in [5, 5.41) is 0.191. The first-order valence-electron chi connectivity index (χ1n) is 6.74. The third-order valence-corrected chi connectivity index (χ3v) is 5.78. The van der Waals surface area contributed by atoms with Crippen LogP contribution in [-0.4, -0.2) is 48.0 Å². The van der Waals surface area contributed by atoms with Gasteiger partial charge in [-0.1, -0.05) is 12.8 Å². The number of sulfonamides is 1. The highest BCUT2D eigenvalue weighted by Gasteiger charge is 2.41. The monoisotopic (exact) mass is 285 g/mol. The number of aromatic nitrogens is 2. The van der Waals surface area contributed by atoms with Gasteiger partial charge in [0, 0.05) is 6.54 Å². The van der Waals surface area contributed by atoms with Gasteiger partial charge in [-0.15, -0.1) is 0 Å². The van der Waals surface area contributed by atoms with Crippen molar-refractivity contribution in [2.75, 3.05) is 13.2 Å². The third-order valence-electron chi connectivity index (χ3n) is 3.95. The van der Waals surface area contributed by atoms with E-state index in [0.29, 0.717) is 19.0 Å². The Hall–Kier alpha value is -0.920. The molecule has 1 saturated heterocycles. The first kappa shape index (κ1) is 13.1. The molecule has 0 unspecified atom stereocenters. The highest BCUT2D eigenvalue weighted by molar-refractivity contribution is 7.89. The van der Waals surface area contributed by atoms with E-state index in [1.807, 2.05) is 0 Å². The first-order valence-corrected chi connectivity index (χ1v) is 8.18. The number of aryl methyl sites for hydroxylation is 1. The van der Waals surface area contributed by atoms with E-state index in [4.69, 9.17) is 4.74 Å². The van der Waals surface area contributed by atoms with Crippen molar-refractivity contribution in [3.63, 3.8) is 0 Å². The molecule has 106 valence electrons. The first-order chi connectivity index (χ1) is 9.09. The molecular formula is C12H19N3O3S. The van der Waals surface area contributed by atoms with Crippen molar-refractivity contribution in [3.05, 3.63) is 12.0 Å². The average Bonchev–Trinajstić information content (AvgIpc) is 2.85. The van der Waals surface area contributed by atoms with Gasteiger partial charge >= 0.3 is 0 Å². The zero-order valence-corrected chi connectivity index (χ0v) is 11.8. The molecule has 0 bridgehead atoms. The molecule has 2 fully saturated rings. The molecule has 0 radical (unpaired) electrons. The number of nitrogens with one attached hydrogen (secondary N) is 1.